The fourth-order valence-electron chi connectivity index (χ4n) is 1.66. The van der Waals surface area contributed by atoms with E-state index in [1.807, 2.05) is 13.8 Å². The van der Waals surface area contributed by atoms with E-state index in [1.165, 1.54) is 0 Å². The second-order valence-corrected chi connectivity index (χ2v) is 4.15. The van der Waals surface area contributed by atoms with Crippen LogP contribution < -0.4 is 5.32 Å². The van der Waals surface area contributed by atoms with Gasteiger partial charge in [0.05, 0.1) is 0 Å². The van der Waals surface area contributed by atoms with Crippen molar-refractivity contribution in [1.82, 2.24) is 5.32 Å². The molecule has 0 spiro atoms. The first-order valence-corrected chi connectivity index (χ1v) is 4.84. The maximum atomic E-state index is 11.0. The van der Waals surface area contributed by atoms with Crippen molar-refractivity contribution in [3.8, 4) is 0 Å². The minimum Gasteiger partial charge on any atom is -0.480 e. The van der Waals surface area contributed by atoms with Crippen LogP contribution >= 0.6 is 0 Å². The first kappa shape index (κ1) is 14.3. The molecule has 0 aliphatic carbocycles. The zero-order valence-corrected chi connectivity index (χ0v) is 10.0. The summed E-state index contributed by atoms with van der Waals surface area (Å²) in [7, 11) is 4.72. The van der Waals surface area contributed by atoms with Crippen LogP contribution in [0.15, 0.2) is 0 Å². The summed E-state index contributed by atoms with van der Waals surface area (Å²) in [6, 6.07) is -0.620. The first-order valence-electron chi connectivity index (χ1n) is 4.84. The molecule has 0 aromatic rings. The van der Waals surface area contributed by atoms with Gasteiger partial charge in [0.1, 0.15) is 6.04 Å². The molecule has 0 amide bonds. The van der Waals surface area contributed by atoms with E-state index in [0.717, 1.165) is 0 Å². The summed E-state index contributed by atoms with van der Waals surface area (Å²) in [6.07, 6.45) is 0.132. The number of nitrogens with one attached hydrogen (secondary N) is 1. The molecule has 0 aliphatic rings. The predicted molar refractivity (Wildman–Crippen MR) is 56.7 cm³/mol. The van der Waals surface area contributed by atoms with Crippen LogP contribution in [-0.4, -0.2) is 44.7 Å². The highest BCUT2D eigenvalue weighted by atomic mass is 16.7. The minimum absolute atomic E-state index is 0.379. The molecule has 15 heavy (non-hydrogen) atoms. The van der Waals surface area contributed by atoms with Gasteiger partial charge in [-0.05, 0) is 12.5 Å². The number of carboxylic acid groups (broad SMARTS) is 1. The van der Waals surface area contributed by atoms with Gasteiger partial charge in [-0.3, -0.25) is 4.79 Å². The number of carboxylic acids is 1. The van der Waals surface area contributed by atoms with Crippen LogP contribution in [0.4, 0.5) is 0 Å². The molecule has 5 nitrogen and oxygen atoms in total. The smallest absolute Gasteiger partial charge is 0.321 e. The number of likely N-dealkylation sites (N-methyl/N-ethyl adjacent to an activating group) is 1. The summed E-state index contributed by atoms with van der Waals surface area (Å²) in [4.78, 5) is 11.0. The highest BCUT2D eigenvalue weighted by molar-refractivity contribution is 5.74. The van der Waals surface area contributed by atoms with Crippen LogP contribution in [0.2, 0.25) is 0 Å². The normalized spacial score (nSPS) is 14.3. The number of ether oxygens (including phenoxy) is 2. The first-order chi connectivity index (χ1) is 6.88. The average Bonchev–Trinajstić information content (AvgIpc) is 2.14. The molecule has 0 fully saturated rings. The van der Waals surface area contributed by atoms with E-state index in [-0.39, 0.29) is 6.29 Å². The van der Waals surface area contributed by atoms with Crippen molar-refractivity contribution < 1.29 is 19.4 Å². The van der Waals surface area contributed by atoms with Crippen LogP contribution in [0.5, 0.6) is 0 Å². The lowest BCUT2D eigenvalue weighted by atomic mass is 9.81. The van der Waals surface area contributed by atoms with Crippen molar-refractivity contribution in [2.24, 2.45) is 5.41 Å². The van der Waals surface area contributed by atoms with E-state index >= 15 is 0 Å². The molecule has 2 N–H and O–H groups in total. The Morgan fingerprint density at radius 3 is 2.13 bits per heavy atom. The molecule has 0 bridgehead atoms. The van der Waals surface area contributed by atoms with E-state index in [2.05, 4.69) is 5.32 Å². The molecular formula is C10H21NO4. The molecule has 0 heterocycles. The summed E-state index contributed by atoms with van der Waals surface area (Å²) in [5.41, 5.74) is -0.447. The molecule has 0 aliphatic heterocycles. The van der Waals surface area contributed by atoms with Crippen LogP contribution in [-0.2, 0) is 14.3 Å². The Bertz CT molecular complexity index is 202. The molecule has 0 rings (SSSR count). The standard InChI is InChI=1S/C10H21NO4/c1-10(2,6-7(14-4)15-5)8(11-3)9(12)13/h7-8,11H,6H2,1-5H3,(H,12,13)/t8-/m0/s1. The summed E-state index contributed by atoms with van der Waals surface area (Å²) in [5.74, 6) is -0.867. The van der Waals surface area contributed by atoms with Gasteiger partial charge in [0.15, 0.2) is 6.29 Å². The fraction of sp³-hybridized carbons (Fsp3) is 0.900. The maximum absolute atomic E-state index is 11.0. The zero-order valence-electron chi connectivity index (χ0n) is 10.0. The van der Waals surface area contributed by atoms with Gasteiger partial charge in [-0.1, -0.05) is 13.8 Å². The van der Waals surface area contributed by atoms with Crippen LogP contribution in [0.3, 0.4) is 0 Å². The predicted octanol–water partition coefficient (Wildman–Crippen LogP) is 0.694. The highest BCUT2D eigenvalue weighted by Crippen LogP contribution is 2.28. The Labute approximate surface area is 90.8 Å². The molecule has 0 saturated heterocycles. The highest BCUT2D eigenvalue weighted by Gasteiger charge is 2.36. The molecule has 5 heteroatoms. The third kappa shape index (κ3) is 4.15. The molecular weight excluding hydrogens is 198 g/mol. The monoisotopic (exact) mass is 219 g/mol. The van der Waals surface area contributed by atoms with E-state index < -0.39 is 17.4 Å². The number of hydrogen-bond acceptors (Lipinski definition) is 4. The van der Waals surface area contributed by atoms with Gasteiger partial charge in [-0.2, -0.15) is 0 Å². The number of rotatable bonds is 7. The summed E-state index contributed by atoms with van der Waals surface area (Å²) >= 11 is 0. The Balaban J connectivity index is 4.55. The topological polar surface area (TPSA) is 67.8 Å². The second kappa shape index (κ2) is 6.05. The summed E-state index contributed by atoms with van der Waals surface area (Å²) in [6.45, 7) is 3.74. The van der Waals surface area contributed by atoms with Crippen molar-refractivity contribution in [3.63, 3.8) is 0 Å². The summed E-state index contributed by atoms with van der Waals surface area (Å²) < 4.78 is 10.1. The van der Waals surface area contributed by atoms with Gasteiger partial charge in [0.25, 0.3) is 0 Å². The van der Waals surface area contributed by atoms with Gasteiger partial charge in [-0.25, -0.2) is 0 Å². The molecule has 0 aromatic heterocycles. The SMILES string of the molecule is CN[C@@H](C(=O)O)C(C)(C)CC(OC)OC. The van der Waals surface area contributed by atoms with Crippen LogP contribution in [0.25, 0.3) is 0 Å². The van der Waals surface area contributed by atoms with E-state index in [0.29, 0.717) is 6.42 Å². The molecule has 90 valence electrons. The zero-order chi connectivity index (χ0) is 12.1. The molecule has 0 aromatic carbocycles. The largest absolute Gasteiger partial charge is 0.480 e. The second-order valence-electron chi connectivity index (χ2n) is 4.15. The average molecular weight is 219 g/mol. The minimum atomic E-state index is -0.867. The van der Waals surface area contributed by atoms with Crippen LogP contribution in [0, 0.1) is 5.41 Å². The van der Waals surface area contributed by atoms with Crippen molar-refractivity contribution in [1.29, 1.82) is 0 Å². The molecule has 0 radical (unpaired) electrons. The van der Waals surface area contributed by atoms with E-state index in [1.54, 1.807) is 21.3 Å². The van der Waals surface area contributed by atoms with Crippen molar-refractivity contribution in [3.05, 3.63) is 0 Å². The number of carbonyl (C=O) groups is 1. The van der Waals surface area contributed by atoms with Crippen molar-refractivity contribution >= 4 is 5.97 Å². The van der Waals surface area contributed by atoms with E-state index in [9.17, 15) is 4.79 Å². The maximum Gasteiger partial charge on any atom is 0.321 e. The van der Waals surface area contributed by atoms with Gasteiger partial charge < -0.3 is 19.9 Å². The fourth-order valence-corrected chi connectivity index (χ4v) is 1.66. The third-order valence-corrected chi connectivity index (χ3v) is 2.54. The lowest BCUT2D eigenvalue weighted by molar-refractivity contribution is -0.149. The number of aliphatic carboxylic acids is 1. The number of methoxy groups -OCH3 is 2. The van der Waals surface area contributed by atoms with Gasteiger partial charge >= 0.3 is 5.97 Å². The van der Waals surface area contributed by atoms with Crippen molar-refractivity contribution in [2.75, 3.05) is 21.3 Å². The number of hydrogen-bond donors (Lipinski definition) is 2. The Morgan fingerprint density at radius 1 is 1.40 bits per heavy atom. The van der Waals surface area contributed by atoms with Crippen molar-refractivity contribution in [2.45, 2.75) is 32.6 Å². The van der Waals surface area contributed by atoms with Gasteiger partial charge in [0, 0.05) is 20.6 Å². The van der Waals surface area contributed by atoms with E-state index in [4.69, 9.17) is 14.6 Å². The Morgan fingerprint density at radius 2 is 1.87 bits per heavy atom. The Hall–Kier alpha value is -0.650. The quantitative estimate of drug-likeness (QED) is 0.617. The molecule has 1 atom stereocenters. The third-order valence-electron chi connectivity index (χ3n) is 2.54. The van der Waals surface area contributed by atoms with Gasteiger partial charge in [-0.15, -0.1) is 0 Å². The molecule has 0 unspecified atom stereocenters. The summed E-state index contributed by atoms with van der Waals surface area (Å²) in [5, 5.41) is 11.8. The van der Waals surface area contributed by atoms with Gasteiger partial charge in [0.2, 0.25) is 0 Å². The van der Waals surface area contributed by atoms with Crippen LogP contribution in [0.1, 0.15) is 20.3 Å². The Kier molecular flexibility index (Phi) is 5.79. The lowest BCUT2D eigenvalue weighted by Crippen LogP contribution is -2.47. The molecule has 0 saturated carbocycles. The lowest BCUT2D eigenvalue weighted by Gasteiger charge is -2.33.